The molecule has 1 fully saturated rings. The summed E-state index contributed by atoms with van der Waals surface area (Å²) in [5.41, 5.74) is 3.31. The van der Waals surface area contributed by atoms with Crippen molar-refractivity contribution in [2.24, 2.45) is 0 Å². The number of nitrogens with zero attached hydrogens (tertiary/aromatic N) is 2. The summed E-state index contributed by atoms with van der Waals surface area (Å²) in [6, 6.07) is 10.9. The van der Waals surface area contributed by atoms with Gasteiger partial charge in [-0.1, -0.05) is 18.2 Å². The van der Waals surface area contributed by atoms with E-state index >= 15 is 0 Å². The fourth-order valence-corrected chi connectivity index (χ4v) is 6.07. The first-order valence-corrected chi connectivity index (χ1v) is 14.0. The molecule has 3 aliphatic heterocycles. The predicted octanol–water partition coefficient (Wildman–Crippen LogP) is 4.06. The van der Waals surface area contributed by atoms with Crippen LogP contribution >= 0.6 is 0 Å². The molecular formula is C30H37N3O6. The Morgan fingerprint density at radius 3 is 2.31 bits per heavy atom. The van der Waals surface area contributed by atoms with Gasteiger partial charge in [0.05, 0.1) is 31.8 Å². The van der Waals surface area contributed by atoms with E-state index in [1.165, 1.54) is 0 Å². The number of fused-ring (bicyclic) bond motifs is 4. The van der Waals surface area contributed by atoms with Gasteiger partial charge in [-0.05, 0) is 74.9 Å². The highest BCUT2D eigenvalue weighted by Gasteiger charge is 2.47. The van der Waals surface area contributed by atoms with Crippen LogP contribution in [0.15, 0.2) is 36.4 Å². The van der Waals surface area contributed by atoms with Gasteiger partial charge in [0, 0.05) is 31.2 Å². The number of hydrogen-bond donors (Lipinski definition) is 1. The van der Waals surface area contributed by atoms with Crippen LogP contribution in [0.25, 0.3) is 0 Å². The number of carbonyl (C=O) groups is 3. The molecule has 2 aromatic rings. The normalized spacial score (nSPS) is 20.4. The lowest BCUT2D eigenvalue weighted by atomic mass is 9.75. The summed E-state index contributed by atoms with van der Waals surface area (Å²) >= 11 is 0. The largest absolute Gasteiger partial charge is 0.490 e. The van der Waals surface area contributed by atoms with Crippen molar-refractivity contribution in [3.63, 3.8) is 0 Å². The summed E-state index contributed by atoms with van der Waals surface area (Å²) in [4.78, 5) is 43.4. The van der Waals surface area contributed by atoms with Crippen molar-refractivity contribution in [3.05, 3.63) is 58.7 Å². The first-order valence-electron chi connectivity index (χ1n) is 14.0. The van der Waals surface area contributed by atoms with E-state index in [2.05, 4.69) is 5.32 Å². The first-order chi connectivity index (χ1) is 19.0. The van der Waals surface area contributed by atoms with Gasteiger partial charge in [0.2, 0.25) is 5.91 Å². The van der Waals surface area contributed by atoms with E-state index in [9.17, 15) is 14.4 Å². The summed E-state index contributed by atoms with van der Waals surface area (Å²) in [6.45, 7) is 8.55. The third-order valence-corrected chi connectivity index (χ3v) is 7.83. The highest BCUT2D eigenvalue weighted by Crippen LogP contribution is 2.48. The van der Waals surface area contributed by atoms with E-state index in [0.717, 1.165) is 16.7 Å². The Morgan fingerprint density at radius 2 is 1.62 bits per heavy atom. The molecule has 208 valence electrons. The number of ether oxygens (including phenoxy) is 3. The standard InChI is InChI=1S/C30H37N3O6/c1-4-37-24-17-19-11-16-33-27(23(19)18-25(24)38-5-2)26(21-9-7-8-10-22(21)29(33)35)28(34)31-20-12-14-32(15-13-20)30(36)39-6-3/h7-10,17-18,20,26-27H,4-6,11-16H2,1-3H3,(H,31,34)/t26-,27+/m0/s1. The van der Waals surface area contributed by atoms with Gasteiger partial charge in [0.15, 0.2) is 11.5 Å². The van der Waals surface area contributed by atoms with E-state index in [4.69, 9.17) is 14.2 Å². The molecule has 0 spiro atoms. The maximum atomic E-state index is 14.1. The van der Waals surface area contributed by atoms with E-state index in [0.29, 0.717) is 75.8 Å². The second kappa shape index (κ2) is 11.6. The van der Waals surface area contributed by atoms with E-state index < -0.39 is 12.0 Å². The lowest BCUT2D eigenvalue weighted by Crippen LogP contribution is -2.52. The van der Waals surface area contributed by atoms with Crippen molar-refractivity contribution in [3.8, 4) is 11.5 Å². The van der Waals surface area contributed by atoms with Gasteiger partial charge in [-0.2, -0.15) is 0 Å². The molecule has 0 radical (unpaired) electrons. The SMILES string of the molecule is CCOC(=O)N1CCC(NC(=O)[C@H]2c3ccccc3C(=O)N3CCc4cc(OCC)c(OCC)cc4[C@H]23)CC1. The second-order valence-electron chi connectivity index (χ2n) is 10.1. The molecule has 5 rings (SSSR count). The van der Waals surface area contributed by atoms with Gasteiger partial charge >= 0.3 is 6.09 Å². The van der Waals surface area contributed by atoms with Crippen LogP contribution in [0.4, 0.5) is 4.79 Å². The first kappa shape index (κ1) is 26.8. The van der Waals surface area contributed by atoms with Crippen LogP contribution in [0.5, 0.6) is 11.5 Å². The molecule has 1 saturated heterocycles. The monoisotopic (exact) mass is 535 g/mol. The Labute approximate surface area is 229 Å². The van der Waals surface area contributed by atoms with E-state index in [1.54, 1.807) is 11.8 Å². The third-order valence-electron chi connectivity index (χ3n) is 7.83. The minimum Gasteiger partial charge on any atom is -0.490 e. The fraction of sp³-hybridized carbons (Fsp3) is 0.500. The van der Waals surface area contributed by atoms with Gasteiger partial charge in [-0.25, -0.2) is 4.79 Å². The Morgan fingerprint density at radius 1 is 0.923 bits per heavy atom. The quantitative estimate of drug-likeness (QED) is 0.575. The average Bonchev–Trinajstić information content (AvgIpc) is 2.94. The van der Waals surface area contributed by atoms with Crippen LogP contribution in [-0.2, 0) is 16.0 Å². The van der Waals surface area contributed by atoms with E-state index in [-0.39, 0.29) is 23.9 Å². The Hall–Kier alpha value is -3.75. The summed E-state index contributed by atoms with van der Waals surface area (Å²) in [7, 11) is 0. The van der Waals surface area contributed by atoms with Crippen molar-refractivity contribution < 1.29 is 28.6 Å². The Balaban J connectivity index is 1.47. The number of nitrogens with one attached hydrogen (secondary N) is 1. The molecule has 0 unspecified atom stereocenters. The number of piperidine rings is 1. The molecule has 3 aliphatic rings. The van der Waals surface area contributed by atoms with Crippen LogP contribution in [0.3, 0.4) is 0 Å². The lowest BCUT2D eigenvalue weighted by Gasteiger charge is -2.45. The Bertz CT molecular complexity index is 1240. The van der Waals surface area contributed by atoms with Gasteiger partial charge in [0.25, 0.3) is 5.91 Å². The molecule has 0 aromatic heterocycles. The number of likely N-dealkylation sites (tertiary alicyclic amines) is 1. The van der Waals surface area contributed by atoms with Crippen molar-refractivity contribution >= 4 is 17.9 Å². The maximum Gasteiger partial charge on any atom is 0.409 e. The van der Waals surface area contributed by atoms with Crippen LogP contribution in [0, 0.1) is 0 Å². The fourth-order valence-electron chi connectivity index (χ4n) is 6.07. The van der Waals surface area contributed by atoms with Crippen molar-refractivity contribution in [2.75, 3.05) is 39.5 Å². The topological polar surface area (TPSA) is 97.4 Å². The molecular weight excluding hydrogens is 498 g/mol. The van der Waals surface area contributed by atoms with Gasteiger partial charge < -0.3 is 29.3 Å². The van der Waals surface area contributed by atoms with Crippen molar-refractivity contribution in [1.82, 2.24) is 15.1 Å². The second-order valence-corrected chi connectivity index (χ2v) is 10.1. The van der Waals surface area contributed by atoms with Crippen molar-refractivity contribution in [2.45, 2.75) is 58.0 Å². The van der Waals surface area contributed by atoms with Crippen LogP contribution in [-0.4, -0.2) is 73.2 Å². The molecule has 39 heavy (non-hydrogen) atoms. The molecule has 2 aromatic carbocycles. The zero-order chi connectivity index (χ0) is 27.5. The third kappa shape index (κ3) is 5.14. The minimum absolute atomic E-state index is 0.0557. The number of amides is 3. The Kier molecular flexibility index (Phi) is 7.95. The highest BCUT2D eigenvalue weighted by atomic mass is 16.6. The predicted molar refractivity (Wildman–Crippen MR) is 145 cm³/mol. The summed E-state index contributed by atoms with van der Waals surface area (Å²) in [6.07, 6.45) is 1.66. The summed E-state index contributed by atoms with van der Waals surface area (Å²) < 4.78 is 16.9. The molecule has 0 aliphatic carbocycles. The van der Waals surface area contributed by atoms with Gasteiger partial charge in [-0.15, -0.1) is 0 Å². The van der Waals surface area contributed by atoms with Crippen LogP contribution < -0.4 is 14.8 Å². The number of carbonyl (C=O) groups excluding carboxylic acids is 3. The zero-order valence-electron chi connectivity index (χ0n) is 22.9. The van der Waals surface area contributed by atoms with Crippen molar-refractivity contribution in [1.29, 1.82) is 0 Å². The lowest BCUT2D eigenvalue weighted by molar-refractivity contribution is -0.125. The minimum atomic E-state index is -0.576. The average molecular weight is 536 g/mol. The van der Waals surface area contributed by atoms with Crippen LogP contribution in [0.2, 0.25) is 0 Å². The number of hydrogen-bond acceptors (Lipinski definition) is 6. The van der Waals surface area contributed by atoms with Gasteiger partial charge in [0.1, 0.15) is 0 Å². The maximum absolute atomic E-state index is 14.1. The zero-order valence-corrected chi connectivity index (χ0v) is 22.9. The van der Waals surface area contributed by atoms with E-state index in [1.807, 2.05) is 55.1 Å². The molecule has 1 N–H and O–H groups in total. The molecule has 0 bridgehead atoms. The van der Waals surface area contributed by atoms with Gasteiger partial charge in [-0.3, -0.25) is 9.59 Å². The molecule has 3 heterocycles. The number of benzene rings is 2. The molecule has 3 amide bonds. The number of rotatable bonds is 7. The summed E-state index contributed by atoms with van der Waals surface area (Å²) in [5, 5.41) is 3.26. The summed E-state index contributed by atoms with van der Waals surface area (Å²) in [5.74, 6) is 0.563. The van der Waals surface area contributed by atoms with Crippen LogP contribution in [0.1, 0.15) is 72.6 Å². The molecule has 0 saturated carbocycles. The molecule has 9 nitrogen and oxygen atoms in total. The molecule has 9 heteroatoms. The highest BCUT2D eigenvalue weighted by molar-refractivity contribution is 6.01. The molecule has 2 atom stereocenters. The smallest absolute Gasteiger partial charge is 0.409 e.